The fraction of sp³-hybridized carbons (Fsp3) is 0.889. The van der Waals surface area contributed by atoms with Gasteiger partial charge in [0.1, 0.15) is 0 Å². The number of unbranched alkanes of at least 4 members (excludes halogenated alkanes) is 2. The zero-order valence-corrected chi connectivity index (χ0v) is 17.1. The van der Waals surface area contributed by atoms with E-state index in [0.29, 0.717) is 19.2 Å². The molecular formula is C18H36N2O2Ti. The van der Waals surface area contributed by atoms with Gasteiger partial charge in [-0.3, -0.25) is 9.59 Å². The summed E-state index contributed by atoms with van der Waals surface area (Å²) in [5.41, 5.74) is 0.283. The fourth-order valence-electron chi connectivity index (χ4n) is 3.72. The van der Waals surface area contributed by atoms with E-state index in [0.717, 1.165) is 32.1 Å². The Bertz CT molecular complexity index is 285. The van der Waals surface area contributed by atoms with E-state index < -0.39 is 0 Å². The van der Waals surface area contributed by atoms with E-state index in [1.165, 1.54) is 38.5 Å². The molecule has 1 rings (SSSR count). The SMILES string of the molecule is CCCCC1(CCCC)CC(NC=O)CC(NC=O)C1.[CH3][Ti][CH3]. The monoisotopic (exact) mass is 360 g/mol. The van der Waals surface area contributed by atoms with Crippen molar-refractivity contribution in [2.45, 2.75) is 94.2 Å². The van der Waals surface area contributed by atoms with Crippen molar-refractivity contribution in [2.75, 3.05) is 0 Å². The van der Waals surface area contributed by atoms with Gasteiger partial charge in [-0.2, -0.15) is 0 Å². The molecule has 2 amide bonds. The van der Waals surface area contributed by atoms with Gasteiger partial charge in [-0.1, -0.05) is 39.5 Å². The molecular weight excluding hydrogens is 324 g/mol. The minimum absolute atomic E-state index is 0.201. The van der Waals surface area contributed by atoms with Gasteiger partial charge >= 0.3 is 29.6 Å². The number of carbonyl (C=O) groups is 2. The molecule has 1 aliphatic carbocycles. The van der Waals surface area contributed by atoms with Crippen molar-refractivity contribution in [3.8, 4) is 0 Å². The third-order valence-corrected chi connectivity index (χ3v) is 4.66. The Kier molecular flexibility index (Phi) is 13.8. The Balaban J connectivity index is 0.00000149. The predicted octanol–water partition coefficient (Wildman–Crippen LogP) is 3.93. The first-order chi connectivity index (χ1) is 11.1. The van der Waals surface area contributed by atoms with E-state index in [1.807, 2.05) is 0 Å². The molecule has 1 aliphatic rings. The topological polar surface area (TPSA) is 58.2 Å². The van der Waals surface area contributed by atoms with E-state index in [9.17, 15) is 9.59 Å². The van der Waals surface area contributed by atoms with Crippen molar-refractivity contribution < 1.29 is 28.7 Å². The summed E-state index contributed by atoms with van der Waals surface area (Å²) in [7, 11) is 0. The third-order valence-electron chi connectivity index (χ3n) is 4.66. The van der Waals surface area contributed by atoms with Crippen molar-refractivity contribution in [3.63, 3.8) is 0 Å². The zero-order chi connectivity index (χ0) is 17.6. The molecule has 2 N–H and O–H groups in total. The first-order valence-electron chi connectivity index (χ1n) is 9.09. The summed E-state index contributed by atoms with van der Waals surface area (Å²) in [4.78, 5) is 21.6. The van der Waals surface area contributed by atoms with Gasteiger partial charge in [-0.05, 0) is 37.5 Å². The van der Waals surface area contributed by atoms with E-state index in [2.05, 4.69) is 34.9 Å². The Morgan fingerprint density at radius 1 is 0.957 bits per heavy atom. The van der Waals surface area contributed by atoms with E-state index in [4.69, 9.17) is 0 Å². The number of nitrogens with one attached hydrogen (secondary N) is 2. The number of hydrogen-bond acceptors (Lipinski definition) is 2. The molecule has 0 aromatic carbocycles. The summed E-state index contributed by atoms with van der Waals surface area (Å²) in [6.07, 6.45) is 11.8. The normalized spacial score (nSPS) is 22.3. The van der Waals surface area contributed by atoms with Crippen LogP contribution in [-0.2, 0) is 28.7 Å². The van der Waals surface area contributed by atoms with Crippen molar-refractivity contribution in [3.05, 3.63) is 0 Å². The van der Waals surface area contributed by atoms with Crippen molar-refractivity contribution in [1.82, 2.24) is 10.6 Å². The summed E-state index contributed by atoms with van der Waals surface area (Å²) >= 11 is 0.500. The Morgan fingerprint density at radius 3 is 1.65 bits per heavy atom. The average Bonchev–Trinajstić information content (AvgIpc) is 2.52. The Hall–Kier alpha value is -0.346. The quantitative estimate of drug-likeness (QED) is 0.458. The average molecular weight is 360 g/mol. The molecule has 0 saturated heterocycles. The van der Waals surface area contributed by atoms with E-state index >= 15 is 0 Å². The van der Waals surface area contributed by atoms with Crippen molar-refractivity contribution in [2.24, 2.45) is 5.41 Å². The first-order valence-corrected chi connectivity index (χ1v) is 12.2. The second-order valence-electron chi connectivity index (χ2n) is 6.81. The predicted molar refractivity (Wildman–Crippen MR) is 93.0 cm³/mol. The second-order valence-corrected chi connectivity index (χ2v) is 8.38. The van der Waals surface area contributed by atoms with Crippen LogP contribution in [0, 0.1) is 5.41 Å². The van der Waals surface area contributed by atoms with Gasteiger partial charge in [0.15, 0.2) is 0 Å². The fourth-order valence-corrected chi connectivity index (χ4v) is 3.72. The minimum atomic E-state index is 0.201. The summed E-state index contributed by atoms with van der Waals surface area (Å²) in [5.74, 6) is 0. The molecule has 5 heteroatoms. The van der Waals surface area contributed by atoms with Gasteiger partial charge in [-0.15, -0.1) is 0 Å². The second kappa shape index (κ2) is 14.0. The van der Waals surface area contributed by atoms with Crippen LogP contribution in [0.25, 0.3) is 0 Å². The number of carbonyl (C=O) groups excluding carboxylic acids is 2. The van der Waals surface area contributed by atoms with Crippen LogP contribution in [0.2, 0.25) is 10.5 Å². The molecule has 0 bridgehead atoms. The molecule has 0 aliphatic heterocycles. The maximum atomic E-state index is 10.8. The van der Waals surface area contributed by atoms with Gasteiger partial charge < -0.3 is 10.6 Å². The van der Waals surface area contributed by atoms with Crippen LogP contribution in [0.5, 0.6) is 0 Å². The van der Waals surface area contributed by atoms with Crippen LogP contribution < -0.4 is 10.6 Å². The van der Waals surface area contributed by atoms with Crippen molar-refractivity contribution >= 4 is 12.8 Å². The maximum absolute atomic E-state index is 10.8. The molecule has 1 saturated carbocycles. The summed E-state index contributed by atoms with van der Waals surface area (Å²) in [6, 6.07) is 0.403. The molecule has 0 radical (unpaired) electrons. The molecule has 0 heterocycles. The molecule has 23 heavy (non-hydrogen) atoms. The standard InChI is InChI=1S/C16H30N2O2.2CH3.Ti/c1-3-5-7-16(8-6-4-2)10-14(17-12-19)9-15(11-16)18-13-20;;;/h12-15H,3-11H2,1-2H3,(H,17,19)(H,18,20);2*1H3;. The van der Waals surface area contributed by atoms with Gasteiger partial charge in [0.2, 0.25) is 12.8 Å². The first kappa shape index (κ1) is 22.7. The van der Waals surface area contributed by atoms with Crippen LogP contribution in [0.15, 0.2) is 0 Å². The van der Waals surface area contributed by atoms with Crippen LogP contribution in [0.3, 0.4) is 0 Å². The molecule has 134 valence electrons. The molecule has 1 fully saturated rings. The molecule has 0 aromatic rings. The Labute approximate surface area is 151 Å². The number of amides is 2. The Morgan fingerprint density at radius 2 is 1.35 bits per heavy atom. The summed E-state index contributed by atoms with van der Waals surface area (Å²) in [6.45, 7) is 4.44. The van der Waals surface area contributed by atoms with E-state index in [1.54, 1.807) is 0 Å². The van der Waals surface area contributed by atoms with Crippen LogP contribution in [0.1, 0.15) is 71.6 Å². The van der Waals surface area contributed by atoms with Gasteiger partial charge in [0, 0.05) is 12.1 Å². The van der Waals surface area contributed by atoms with E-state index in [-0.39, 0.29) is 17.5 Å². The molecule has 2 atom stereocenters. The molecule has 0 aromatic heterocycles. The van der Waals surface area contributed by atoms with Gasteiger partial charge in [-0.25, -0.2) is 0 Å². The summed E-state index contributed by atoms with van der Waals surface area (Å²) < 4.78 is 0. The third kappa shape index (κ3) is 9.51. The molecule has 2 unspecified atom stereocenters. The van der Waals surface area contributed by atoms with Gasteiger partial charge in [0.25, 0.3) is 0 Å². The number of hydrogen-bond donors (Lipinski definition) is 2. The van der Waals surface area contributed by atoms with Crippen LogP contribution >= 0.6 is 0 Å². The van der Waals surface area contributed by atoms with Crippen molar-refractivity contribution in [1.29, 1.82) is 0 Å². The number of rotatable bonds is 10. The zero-order valence-electron chi connectivity index (χ0n) is 15.5. The van der Waals surface area contributed by atoms with Gasteiger partial charge in [0.05, 0.1) is 0 Å². The van der Waals surface area contributed by atoms with Crippen LogP contribution in [-0.4, -0.2) is 24.9 Å². The molecule has 4 nitrogen and oxygen atoms in total. The molecule has 0 spiro atoms. The van der Waals surface area contributed by atoms with Crippen LogP contribution in [0.4, 0.5) is 0 Å². The summed E-state index contributed by atoms with van der Waals surface area (Å²) in [5, 5.41) is 10.4.